The third kappa shape index (κ3) is 4.30. The van der Waals surface area contributed by atoms with Crippen LogP contribution in [0, 0.1) is 29.5 Å². The maximum atomic E-state index is 15.2. The molecule has 1 N–H and O–H groups in total. The highest BCUT2D eigenvalue weighted by atomic mass is 35.5. The van der Waals surface area contributed by atoms with E-state index in [0.717, 1.165) is 37.7 Å². The zero-order valence-electron chi connectivity index (χ0n) is 25.6. The van der Waals surface area contributed by atoms with Crippen LogP contribution in [0.15, 0.2) is 84.4 Å². The molecule has 9 heteroatoms. The first-order valence-electron chi connectivity index (χ1n) is 16.5. The number of hydrogen-bond acceptors (Lipinski definition) is 5. The first-order valence-corrected chi connectivity index (χ1v) is 16.9. The van der Waals surface area contributed by atoms with Gasteiger partial charge < -0.3 is 5.11 Å². The highest BCUT2D eigenvalue weighted by Crippen LogP contribution is 2.64. The van der Waals surface area contributed by atoms with Gasteiger partial charge >= 0.3 is 0 Å². The van der Waals surface area contributed by atoms with Crippen molar-refractivity contribution < 1.29 is 28.7 Å². The molecule has 8 rings (SSSR count). The molecular weight excluding hydrogens is 619 g/mol. The van der Waals surface area contributed by atoms with Gasteiger partial charge in [-0.1, -0.05) is 85.0 Å². The van der Waals surface area contributed by atoms with Gasteiger partial charge in [-0.25, -0.2) is 9.29 Å². The maximum absolute atomic E-state index is 15.2. The van der Waals surface area contributed by atoms with Crippen LogP contribution < -0.4 is 4.90 Å². The van der Waals surface area contributed by atoms with E-state index in [1.54, 1.807) is 30.3 Å². The number of hydrogen-bond donors (Lipinski definition) is 1. The summed E-state index contributed by atoms with van der Waals surface area (Å²) in [6, 6.07) is 19.7. The van der Waals surface area contributed by atoms with Gasteiger partial charge in [-0.2, -0.15) is 0 Å². The summed E-state index contributed by atoms with van der Waals surface area (Å²) in [4.78, 5) is 60.9. The van der Waals surface area contributed by atoms with Crippen molar-refractivity contribution in [2.75, 3.05) is 4.90 Å². The molecule has 7 nitrogen and oxygen atoms in total. The number of rotatable bonds is 4. The number of phenolic OH excluding ortho intramolecular Hbond substituents is 1. The van der Waals surface area contributed by atoms with E-state index in [2.05, 4.69) is 0 Å². The molecule has 47 heavy (non-hydrogen) atoms. The summed E-state index contributed by atoms with van der Waals surface area (Å²) in [5.74, 6) is -6.12. The van der Waals surface area contributed by atoms with Gasteiger partial charge in [0, 0.05) is 17.0 Å². The van der Waals surface area contributed by atoms with E-state index in [-0.39, 0.29) is 24.3 Å². The number of phenols is 1. The normalized spacial score (nSPS) is 30.7. The van der Waals surface area contributed by atoms with E-state index in [4.69, 9.17) is 11.6 Å². The smallest absolute Gasteiger partial charge is 0.246 e. The molecule has 3 aromatic rings. The van der Waals surface area contributed by atoms with Crippen LogP contribution in [-0.4, -0.2) is 39.7 Å². The van der Waals surface area contributed by atoms with Crippen LogP contribution in [0.4, 0.5) is 10.1 Å². The van der Waals surface area contributed by atoms with Crippen LogP contribution in [0.2, 0.25) is 5.02 Å². The Labute approximate surface area is 277 Å². The van der Waals surface area contributed by atoms with Crippen LogP contribution in [0.25, 0.3) is 0 Å². The molecule has 2 heterocycles. The zero-order valence-corrected chi connectivity index (χ0v) is 26.4. The molecule has 0 spiro atoms. The molecule has 0 bridgehead atoms. The van der Waals surface area contributed by atoms with Crippen molar-refractivity contribution in [2.45, 2.75) is 62.3 Å². The number of carbonyl (C=O) groups is 4. The van der Waals surface area contributed by atoms with Gasteiger partial charge in [0.1, 0.15) is 0 Å². The largest absolute Gasteiger partial charge is 0.505 e. The van der Waals surface area contributed by atoms with Crippen LogP contribution in [0.3, 0.4) is 0 Å². The zero-order chi connectivity index (χ0) is 32.6. The minimum Gasteiger partial charge on any atom is -0.505 e. The second-order valence-electron chi connectivity index (χ2n) is 13.6. The van der Waals surface area contributed by atoms with Gasteiger partial charge in [-0.3, -0.25) is 24.1 Å². The molecule has 3 aliphatic carbocycles. The van der Waals surface area contributed by atoms with Gasteiger partial charge in [-0.05, 0) is 73.1 Å². The SMILES string of the molecule is O=C1[C@@H]2C[C@@H]3C(=CC[C@@H]4C(=O)N(C5CCCCC5)C(=O)[C@@H]43)[C@H](c3ccc(O)c(F)c3)[C@]2(c2ccccc2)C(=O)N1c1cccc(Cl)c1. The number of imide groups is 2. The Hall–Kier alpha value is -4.30. The standard InChI is InChI=1S/C38H34ClFN2O5/c39-23-10-7-13-25(19-23)42-35(45)29-20-28-26(15-16-27-32(28)36(46)41(34(27)44)24-11-5-2-6-12-24)33(21-14-17-31(43)30(40)18-21)38(29,37(42)47)22-8-3-1-4-9-22/h1,3-4,7-10,13-15,17-19,24,27-29,32-33,43H,2,5-6,11-12,16,20H2/t27-,28+,29-,32-,33-,38+/m0/s1. The Morgan fingerprint density at radius 1 is 0.830 bits per heavy atom. The number of anilines is 1. The predicted molar refractivity (Wildman–Crippen MR) is 173 cm³/mol. The Balaban J connectivity index is 1.34. The van der Waals surface area contributed by atoms with Crippen LogP contribution >= 0.6 is 11.6 Å². The van der Waals surface area contributed by atoms with Crippen molar-refractivity contribution >= 4 is 40.9 Å². The van der Waals surface area contributed by atoms with Gasteiger partial charge in [0.15, 0.2) is 11.6 Å². The molecule has 0 radical (unpaired) electrons. The lowest BCUT2D eigenvalue weighted by Crippen LogP contribution is -2.53. The summed E-state index contributed by atoms with van der Waals surface area (Å²) < 4.78 is 15.2. The minimum atomic E-state index is -1.49. The fraction of sp³-hybridized carbons (Fsp3) is 0.368. The summed E-state index contributed by atoms with van der Waals surface area (Å²) in [6.45, 7) is 0. The van der Waals surface area contributed by atoms with Gasteiger partial charge in [0.25, 0.3) is 0 Å². The molecule has 5 aliphatic rings. The molecule has 2 saturated heterocycles. The number of halogens is 2. The molecule has 0 aromatic heterocycles. The Morgan fingerprint density at radius 2 is 1.60 bits per heavy atom. The fourth-order valence-electron chi connectivity index (χ4n) is 9.54. The molecule has 2 saturated carbocycles. The number of amides is 4. The summed E-state index contributed by atoms with van der Waals surface area (Å²) in [6.07, 6.45) is 7.07. The number of allylic oxidation sites excluding steroid dienone is 2. The van der Waals surface area contributed by atoms with Crippen molar-refractivity contribution in [1.82, 2.24) is 4.90 Å². The molecular formula is C38H34ClFN2O5. The number of benzene rings is 3. The third-order valence-corrected chi connectivity index (χ3v) is 11.7. The van der Waals surface area contributed by atoms with Crippen molar-refractivity contribution in [3.63, 3.8) is 0 Å². The van der Waals surface area contributed by atoms with Crippen molar-refractivity contribution in [1.29, 1.82) is 0 Å². The number of fused-ring (bicyclic) bond motifs is 4. The number of nitrogens with zero attached hydrogens (tertiary/aromatic N) is 2. The van der Waals surface area contributed by atoms with Crippen molar-refractivity contribution in [2.24, 2.45) is 23.7 Å². The Morgan fingerprint density at radius 3 is 2.32 bits per heavy atom. The van der Waals surface area contributed by atoms with Crippen LogP contribution in [-0.2, 0) is 24.6 Å². The van der Waals surface area contributed by atoms with E-state index in [1.807, 2.05) is 36.4 Å². The summed E-state index contributed by atoms with van der Waals surface area (Å²) >= 11 is 6.35. The molecule has 0 unspecified atom stereocenters. The summed E-state index contributed by atoms with van der Waals surface area (Å²) in [5.41, 5.74) is 0.619. The molecule has 4 amide bonds. The van der Waals surface area contributed by atoms with E-state index >= 15 is 9.18 Å². The number of likely N-dealkylation sites (tertiary alicyclic amines) is 1. The van der Waals surface area contributed by atoms with E-state index < -0.39 is 58.4 Å². The van der Waals surface area contributed by atoms with Crippen molar-refractivity contribution in [3.8, 4) is 5.75 Å². The lowest BCUT2D eigenvalue weighted by atomic mass is 9.49. The van der Waals surface area contributed by atoms with E-state index in [9.17, 15) is 19.5 Å². The maximum Gasteiger partial charge on any atom is 0.246 e. The van der Waals surface area contributed by atoms with Crippen molar-refractivity contribution in [3.05, 3.63) is 106 Å². The fourth-order valence-corrected chi connectivity index (χ4v) is 9.73. The topological polar surface area (TPSA) is 95.0 Å². The van der Waals surface area contributed by atoms with Gasteiger partial charge in [0.2, 0.25) is 23.6 Å². The van der Waals surface area contributed by atoms with Crippen LogP contribution in [0.5, 0.6) is 5.75 Å². The van der Waals surface area contributed by atoms with Gasteiger partial charge in [-0.15, -0.1) is 0 Å². The molecule has 240 valence electrons. The number of aromatic hydroxyl groups is 1. The highest BCUT2D eigenvalue weighted by molar-refractivity contribution is 6.32. The van der Waals surface area contributed by atoms with E-state index in [0.29, 0.717) is 28.3 Å². The summed E-state index contributed by atoms with van der Waals surface area (Å²) in [7, 11) is 0. The second kappa shape index (κ2) is 11.2. The lowest BCUT2D eigenvalue weighted by Gasteiger charge is -2.50. The second-order valence-corrected chi connectivity index (χ2v) is 14.1. The van der Waals surface area contributed by atoms with Gasteiger partial charge in [0.05, 0.1) is 28.9 Å². The molecule has 3 aromatic carbocycles. The lowest BCUT2D eigenvalue weighted by molar-refractivity contribution is -0.143. The average Bonchev–Trinajstić information content (AvgIpc) is 3.47. The first kappa shape index (κ1) is 30.1. The average molecular weight is 653 g/mol. The quantitative estimate of drug-likeness (QED) is 0.251. The predicted octanol–water partition coefficient (Wildman–Crippen LogP) is 6.68. The first-order chi connectivity index (χ1) is 22.7. The molecule has 6 atom stereocenters. The third-order valence-electron chi connectivity index (χ3n) is 11.4. The molecule has 2 aliphatic heterocycles. The Bertz CT molecular complexity index is 1860. The van der Waals surface area contributed by atoms with Crippen LogP contribution in [0.1, 0.15) is 62.0 Å². The number of carbonyl (C=O) groups excluding carboxylic acids is 4. The molecule has 4 fully saturated rings. The minimum absolute atomic E-state index is 0.125. The summed E-state index contributed by atoms with van der Waals surface area (Å²) in [5, 5.41) is 10.5. The Kier molecular flexibility index (Phi) is 7.13. The highest BCUT2D eigenvalue weighted by Gasteiger charge is 2.70. The monoisotopic (exact) mass is 652 g/mol. The van der Waals surface area contributed by atoms with E-state index in [1.165, 1.54) is 21.9 Å².